The number of H-pyrrole nitrogens is 1. The molecule has 0 saturated heterocycles. The summed E-state index contributed by atoms with van der Waals surface area (Å²) in [6.07, 6.45) is 1.46. The Bertz CT molecular complexity index is 368. The van der Waals surface area contributed by atoms with E-state index >= 15 is 0 Å². The largest absolute Gasteiger partial charge is 0.394 e. The second-order valence-electron chi connectivity index (χ2n) is 2.91. The van der Waals surface area contributed by atoms with Gasteiger partial charge in [0.05, 0.1) is 31.1 Å². The van der Waals surface area contributed by atoms with E-state index in [0.29, 0.717) is 16.8 Å². The lowest BCUT2D eigenvalue weighted by Gasteiger charge is -2.16. The van der Waals surface area contributed by atoms with Crippen LogP contribution in [0.4, 0.5) is 5.69 Å². The normalized spacial score (nSPS) is 12.5. The lowest BCUT2D eigenvalue weighted by atomic mass is 10.3. The van der Waals surface area contributed by atoms with Crippen molar-refractivity contribution in [2.45, 2.75) is 6.04 Å². The molecule has 1 aromatic heterocycles. The second-order valence-corrected chi connectivity index (χ2v) is 3.70. The van der Waals surface area contributed by atoms with Crippen LogP contribution in [-0.2, 0) is 4.74 Å². The lowest BCUT2D eigenvalue weighted by Crippen LogP contribution is -2.29. The fraction of sp³-hybridized carbons (Fsp3) is 0.500. The molecule has 0 fully saturated rings. The van der Waals surface area contributed by atoms with Crippen molar-refractivity contribution in [2.75, 3.05) is 25.6 Å². The van der Waals surface area contributed by atoms with Crippen LogP contribution in [0.3, 0.4) is 0 Å². The molecule has 0 aromatic carbocycles. The van der Waals surface area contributed by atoms with Crippen LogP contribution in [0.5, 0.6) is 0 Å². The molecule has 1 atom stereocenters. The van der Waals surface area contributed by atoms with E-state index < -0.39 is 0 Å². The van der Waals surface area contributed by atoms with Gasteiger partial charge in [0.1, 0.15) is 4.47 Å². The number of aliphatic hydroxyl groups excluding tert-OH is 1. The van der Waals surface area contributed by atoms with Gasteiger partial charge in [0, 0.05) is 7.11 Å². The molecule has 0 bridgehead atoms. The van der Waals surface area contributed by atoms with Crippen LogP contribution in [0.1, 0.15) is 0 Å². The van der Waals surface area contributed by atoms with Crippen LogP contribution in [0.15, 0.2) is 15.5 Å². The zero-order chi connectivity index (χ0) is 11.3. The monoisotopic (exact) mass is 277 g/mol. The number of anilines is 1. The van der Waals surface area contributed by atoms with Gasteiger partial charge < -0.3 is 15.2 Å². The van der Waals surface area contributed by atoms with Crippen LogP contribution in [0, 0.1) is 0 Å². The number of ether oxygens (including phenoxy) is 1. The predicted octanol–water partition coefficient (Wildman–Crippen LogP) is -0.0484. The number of hydrogen-bond donors (Lipinski definition) is 3. The Morgan fingerprint density at radius 3 is 3.13 bits per heavy atom. The summed E-state index contributed by atoms with van der Waals surface area (Å²) in [5.74, 6) is 0. The van der Waals surface area contributed by atoms with Crippen molar-refractivity contribution in [1.82, 2.24) is 10.2 Å². The molecule has 1 aromatic rings. The molecule has 0 amide bonds. The Kier molecular flexibility index (Phi) is 4.73. The highest BCUT2D eigenvalue weighted by Gasteiger charge is 2.10. The summed E-state index contributed by atoms with van der Waals surface area (Å²) in [7, 11) is 1.54. The molecule has 1 rings (SSSR count). The summed E-state index contributed by atoms with van der Waals surface area (Å²) >= 11 is 3.12. The Hall–Kier alpha value is -0.920. The zero-order valence-electron chi connectivity index (χ0n) is 8.16. The molecule has 0 radical (unpaired) electrons. The van der Waals surface area contributed by atoms with Crippen molar-refractivity contribution in [3.8, 4) is 0 Å². The first-order valence-electron chi connectivity index (χ1n) is 4.28. The van der Waals surface area contributed by atoms with E-state index in [-0.39, 0.29) is 18.2 Å². The third kappa shape index (κ3) is 3.29. The van der Waals surface area contributed by atoms with Gasteiger partial charge in [0.2, 0.25) is 0 Å². The predicted molar refractivity (Wildman–Crippen MR) is 58.9 cm³/mol. The minimum absolute atomic E-state index is 0.0902. The van der Waals surface area contributed by atoms with Gasteiger partial charge in [-0.25, -0.2) is 5.10 Å². The van der Waals surface area contributed by atoms with Gasteiger partial charge in [-0.05, 0) is 15.9 Å². The number of aliphatic hydroxyl groups is 1. The number of hydrogen-bond acceptors (Lipinski definition) is 5. The molecule has 6 nitrogen and oxygen atoms in total. The highest BCUT2D eigenvalue weighted by molar-refractivity contribution is 9.10. The zero-order valence-corrected chi connectivity index (χ0v) is 9.74. The van der Waals surface area contributed by atoms with E-state index in [4.69, 9.17) is 9.84 Å². The van der Waals surface area contributed by atoms with Gasteiger partial charge in [-0.2, -0.15) is 5.10 Å². The first-order chi connectivity index (χ1) is 7.19. The topological polar surface area (TPSA) is 87.2 Å². The SMILES string of the molecule is COCC(CO)Nc1cn[nH]c(=O)c1Br. The average Bonchev–Trinajstić information content (AvgIpc) is 2.24. The number of halogens is 1. The first-order valence-corrected chi connectivity index (χ1v) is 5.07. The fourth-order valence-corrected chi connectivity index (χ4v) is 1.35. The van der Waals surface area contributed by atoms with Crippen LogP contribution in [-0.4, -0.2) is 41.7 Å². The van der Waals surface area contributed by atoms with Crippen LogP contribution in [0.2, 0.25) is 0 Å². The fourth-order valence-electron chi connectivity index (χ4n) is 1.05. The van der Waals surface area contributed by atoms with E-state index in [1.807, 2.05) is 0 Å². The minimum Gasteiger partial charge on any atom is -0.394 e. The highest BCUT2D eigenvalue weighted by Crippen LogP contribution is 2.16. The lowest BCUT2D eigenvalue weighted by molar-refractivity contribution is 0.153. The summed E-state index contributed by atoms with van der Waals surface area (Å²) in [4.78, 5) is 11.2. The van der Waals surface area contributed by atoms with E-state index in [1.165, 1.54) is 13.3 Å². The van der Waals surface area contributed by atoms with Crippen molar-refractivity contribution < 1.29 is 9.84 Å². The Morgan fingerprint density at radius 2 is 2.53 bits per heavy atom. The standard InChI is InChI=1S/C8H12BrN3O3/c1-15-4-5(3-13)11-6-2-10-12-8(14)7(6)9/h2,5,13H,3-4H2,1H3,(H2,11,12,14). The van der Waals surface area contributed by atoms with Gasteiger partial charge in [-0.15, -0.1) is 0 Å². The number of rotatable bonds is 5. The molecule has 84 valence electrons. The molecule has 1 unspecified atom stereocenters. The number of aromatic nitrogens is 2. The van der Waals surface area contributed by atoms with Crippen molar-refractivity contribution in [3.05, 3.63) is 21.0 Å². The average molecular weight is 278 g/mol. The smallest absolute Gasteiger partial charge is 0.280 e. The molecule has 0 aliphatic carbocycles. The molecular formula is C8H12BrN3O3. The van der Waals surface area contributed by atoms with Gasteiger partial charge in [0.25, 0.3) is 5.56 Å². The van der Waals surface area contributed by atoms with Gasteiger partial charge in [-0.1, -0.05) is 0 Å². The molecule has 1 heterocycles. The minimum atomic E-state index is -0.325. The second kappa shape index (κ2) is 5.84. The van der Waals surface area contributed by atoms with Crippen molar-refractivity contribution in [2.24, 2.45) is 0 Å². The Labute approximate surface area is 94.8 Å². The van der Waals surface area contributed by atoms with Gasteiger partial charge in [-0.3, -0.25) is 4.79 Å². The van der Waals surface area contributed by atoms with Gasteiger partial charge in [0.15, 0.2) is 0 Å². The van der Waals surface area contributed by atoms with E-state index in [2.05, 4.69) is 31.4 Å². The van der Waals surface area contributed by atoms with Gasteiger partial charge >= 0.3 is 0 Å². The maximum Gasteiger partial charge on any atom is 0.280 e. The third-order valence-corrected chi connectivity index (χ3v) is 2.53. The Morgan fingerprint density at radius 1 is 1.80 bits per heavy atom. The molecule has 15 heavy (non-hydrogen) atoms. The summed E-state index contributed by atoms with van der Waals surface area (Å²) in [5, 5.41) is 17.9. The first kappa shape index (κ1) is 12.2. The van der Waals surface area contributed by atoms with Crippen molar-refractivity contribution in [1.29, 1.82) is 0 Å². The summed E-state index contributed by atoms with van der Waals surface area (Å²) in [6.45, 7) is 0.253. The number of aromatic amines is 1. The van der Waals surface area contributed by atoms with Crippen molar-refractivity contribution in [3.63, 3.8) is 0 Å². The van der Waals surface area contributed by atoms with Crippen LogP contribution in [0.25, 0.3) is 0 Å². The maximum absolute atomic E-state index is 11.2. The van der Waals surface area contributed by atoms with Crippen LogP contribution < -0.4 is 10.9 Å². The quantitative estimate of drug-likeness (QED) is 0.703. The Balaban J connectivity index is 2.79. The van der Waals surface area contributed by atoms with E-state index in [9.17, 15) is 4.79 Å². The maximum atomic E-state index is 11.2. The van der Waals surface area contributed by atoms with E-state index in [1.54, 1.807) is 0 Å². The third-order valence-electron chi connectivity index (χ3n) is 1.74. The summed E-state index contributed by atoms with van der Waals surface area (Å²) in [6, 6.07) is -0.269. The highest BCUT2D eigenvalue weighted by atomic mass is 79.9. The summed E-state index contributed by atoms with van der Waals surface area (Å²) in [5.41, 5.74) is 0.198. The number of methoxy groups -OCH3 is 1. The number of nitrogens with one attached hydrogen (secondary N) is 2. The molecule has 0 spiro atoms. The molecule has 0 saturated carbocycles. The molecule has 7 heteroatoms. The van der Waals surface area contributed by atoms with Crippen molar-refractivity contribution >= 4 is 21.6 Å². The number of nitrogens with zero attached hydrogens (tertiary/aromatic N) is 1. The van der Waals surface area contributed by atoms with E-state index in [0.717, 1.165) is 0 Å². The van der Waals surface area contributed by atoms with Crippen LogP contribution >= 0.6 is 15.9 Å². The molecule has 0 aliphatic heterocycles. The molecular weight excluding hydrogens is 266 g/mol. The summed E-state index contributed by atoms with van der Waals surface area (Å²) < 4.78 is 5.25. The molecule has 3 N–H and O–H groups in total. The molecule has 0 aliphatic rings.